The molecule has 2 aromatic carbocycles. The number of rotatable bonds is 2. The second kappa shape index (κ2) is 9.82. The highest BCUT2D eigenvalue weighted by molar-refractivity contribution is 9.10. The second-order valence-corrected chi connectivity index (χ2v) is 10.5. The molecule has 0 bridgehead atoms. The lowest BCUT2D eigenvalue weighted by Crippen LogP contribution is -2.21. The quantitative estimate of drug-likeness (QED) is 0.347. The first-order valence-electron chi connectivity index (χ1n) is 10.6. The Morgan fingerprint density at radius 2 is 1.42 bits per heavy atom. The zero-order valence-corrected chi connectivity index (χ0v) is 20.5. The molecule has 1 aliphatic carbocycles. The summed E-state index contributed by atoms with van der Waals surface area (Å²) >= 11 is 6.76. The third-order valence-electron chi connectivity index (χ3n) is 6.35. The minimum atomic E-state index is -0.231. The third-order valence-corrected chi connectivity index (χ3v) is 7.73. The van der Waals surface area contributed by atoms with Crippen molar-refractivity contribution in [2.24, 2.45) is 5.41 Å². The van der Waals surface area contributed by atoms with Crippen molar-refractivity contribution in [3.05, 3.63) is 80.3 Å². The van der Waals surface area contributed by atoms with Crippen LogP contribution in [0.25, 0.3) is 0 Å². The first kappa shape index (κ1) is 23.1. The van der Waals surface area contributed by atoms with Crippen LogP contribution in [-0.4, -0.2) is 13.2 Å². The fourth-order valence-electron chi connectivity index (χ4n) is 4.17. The van der Waals surface area contributed by atoms with E-state index in [1.165, 1.54) is 43.5 Å². The first-order valence-corrected chi connectivity index (χ1v) is 12.2. The van der Waals surface area contributed by atoms with Gasteiger partial charge in [-0.15, -0.1) is 0 Å². The van der Waals surface area contributed by atoms with Crippen LogP contribution in [0.2, 0.25) is 0 Å². The number of hydrogen-bond acceptors (Lipinski definition) is 2. The van der Waals surface area contributed by atoms with E-state index < -0.39 is 0 Å². The highest BCUT2D eigenvalue weighted by Crippen LogP contribution is 2.54. The minimum absolute atomic E-state index is 0.0606. The zero-order valence-electron chi connectivity index (χ0n) is 17.3. The number of ether oxygens (including phenoxy) is 2. The molecule has 2 saturated heterocycles. The predicted octanol–water partition coefficient (Wildman–Crippen LogP) is 8.22. The van der Waals surface area contributed by atoms with Gasteiger partial charge in [-0.1, -0.05) is 56.1 Å². The van der Waals surface area contributed by atoms with Gasteiger partial charge in [-0.3, -0.25) is 0 Å². The van der Waals surface area contributed by atoms with E-state index in [-0.39, 0.29) is 23.8 Å². The smallest absolute Gasteiger partial charge is 0.124 e. The summed E-state index contributed by atoms with van der Waals surface area (Å²) in [5.74, 6) is -0.434. The minimum Gasteiger partial charge on any atom is -0.373 e. The Morgan fingerprint density at radius 3 is 1.84 bits per heavy atom. The van der Waals surface area contributed by atoms with Gasteiger partial charge in [0.1, 0.15) is 11.6 Å². The van der Waals surface area contributed by atoms with Gasteiger partial charge >= 0.3 is 0 Å². The molecule has 2 nitrogen and oxygen atoms in total. The molecule has 3 fully saturated rings. The Hall–Kier alpha value is -1.08. The summed E-state index contributed by atoms with van der Waals surface area (Å²) < 4.78 is 39.0. The van der Waals surface area contributed by atoms with Gasteiger partial charge in [0.2, 0.25) is 0 Å². The van der Waals surface area contributed by atoms with E-state index in [1.807, 2.05) is 6.07 Å². The number of benzene rings is 2. The Bertz CT molecular complexity index is 939. The van der Waals surface area contributed by atoms with Gasteiger partial charge < -0.3 is 9.47 Å². The summed E-state index contributed by atoms with van der Waals surface area (Å²) in [4.78, 5) is 0. The largest absolute Gasteiger partial charge is 0.373 e. The SMILES string of the molecule is C=C1CCC(c2ccc(F)cc2Br)OC1.Fc1ccc(C2CCC3(CC3)CO2)c(Br)c1. The van der Waals surface area contributed by atoms with E-state index in [4.69, 9.17) is 9.47 Å². The van der Waals surface area contributed by atoms with Crippen molar-refractivity contribution in [1.82, 2.24) is 0 Å². The van der Waals surface area contributed by atoms with Crippen LogP contribution in [0.3, 0.4) is 0 Å². The maximum Gasteiger partial charge on any atom is 0.124 e. The Labute approximate surface area is 199 Å². The Balaban J connectivity index is 0.000000150. The molecule has 6 heteroatoms. The van der Waals surface area contributed by atoms with E-state index in [9.17, 15) is 8.78 Å². The second-order valence-electron chi connectivity index (χ2n) is 8.76. The zero-order chi connectivity index (χ0) is 22.0. The third kappa shape index (κ3) is 5.84. The Kier molecular flexibility index (Phi) is 7.31. The summed E-state index contributed by atoms with van der Waals surface area (Å²) in [5, 5.41) is 0. The van der Waals surface area contributed by atoms with Crippen LogP contribution in [0.5, 0.6) is 0 Å². The summed E-state index contributed by atoms with van der Waals surface area (Å²) in [6.45, 7) is 5.36. The molecule has 31 heavy (non-hydrogen) atoms. The van der Waals surface area contributed by atoms with Crippen molar-refractivity contribution in [1.29, 1.82) is 0 Å². The van der Waals surface area contributed by atoms with E-state index >= 15 is 0 Å². The molecule has 0 N–H and O–H groups in total. The molecule has 0 amide bonds. The van der Waals surface area contributed by atoms with E-state index in [1.54, 1.807) is 6.07 Å². The molecule has 2 aliphatic heterocycles. The molecule has 0 radical (unpaired) electrons. The van der Waals surface area contributed by atoms with Gasteiger partial charge in [-0.25, -0.2) is 8.78 Å². The first-order chi connectivity index (χ1) is 14.8. The average Bonchev–Trinajstić information content (AvgIpc) is 3.49. The maximum atomic E-state index is 13.0. The van der Waals surface area contributed by atoms with E-state index in [0.717, 1.165) is 51.5 Å². The van der Waals surface area contributed by atoms with Gasteiger partial charge in [-0.2, -0.15) is 0 Å². The normalized spacial score (nSPS) is 24.5. The molecule has 2 heterocycles. The van der Waals surface area contributed by atoms with Gasteiger partial charge in [0.25, 0.3) is 0 Å². The molecule has 2 aromatic rings. The fraction of sp³-hybridized carbons (Fsp3) is 0.440. The van der Waals surface area contributed by atoms with E-state index in [2.05, 4.69) is 38.4 Å². The lowest BCUT2D eigenvalue weighted by molar-refractivity contribution is -0.0269. The van der Waals surface area contributed by atoms with Crippen molar-refractivity contribution in [3.8, 4) is 0 Å². The molecule has 166 valence electrons. The van der Waals surface area contributed by atoms with Crippen molar-refractivity contribution in [3.63, 3.8) is 0 Å². The molecule has 1 spiro atoms. The van der Waals surface area contributed by atoms with Crippen LogP contribution >= 0.6 is 31.9 Å². The molecule has 2 unspecified atom stereocenters. The molecule has 0 aromatic heterocycles. The van der Waals surface area contributed by atoms with Crippen LogP contribution in [0.4, 0.5) is 8.78 Å². The van der Waals surface area contributed by atoms with Crippen LogP contribution < -0.4 is 0 Å². The standard InChI is InChI=1S/C13H14BrFO.C12H12BrFO/c14-11-7-9(15)1-2-10(11)12-3-4-13(5-6-13)8-16-12;1-8-2-5-12(15-7-8)10-4-3-9(14)6-11(10)13/h1-2,7,12H,3-6,8H2;3-4,6,12H,1-2,5,7H2. The van der Waals surface area contributed by atoms with Gasteiger partial charge in [0.05, 0.1) is 25.4 Å². The molecule has 2 atom stereocenters. The summed E-state index contributed by atoms with van der Waals surface area (Å²) in [6.07, 6.45) is 7.06. The highest BCUT2D eigenvalue weighted by Gasteiger charge is 2.46. The lowest BCUT2D eigenvalue weighted by atomic mass is 9.92. The summed E-state index contributed by atoms with van der Waals surface area (Å²) in [7, 11) is 0. The molecular formula is C25H26Br2F2O2. The van der Waals surface area contributed by atoms with Crippen molar-refractivity contribution in [2.75, 3.05) is 13.2 Å². The van der Waals surface area contributed by atoms with Crippen LogP contribution in [0, 0.1) is 17.0 Å². The van der Waals surface area contributed by atoms with Gasteiger partial charge in [0, 0.05) is 8.95 Å². The Morgan fingerprint density at radius 1 is 0.839 bits per heavy atom. The van der Waals surface area contributed by atoms with Gasteiger partial charge in [0.15, 0.2) is 0 Å². The number of hydrogen-bond donors (Lipinski definition) is 0. The van der Waals surface area contributed by atoms with Crippen molar-refractivity contribution < 1.29 is 18.3 Å². The maximum absolute atomic E-state index is 13.0. The van der Waals surface area contributed by atoms with Crippen LogP contribution in [0.15, 0.2) is 57.5 Å². The molecular weight excluding hydrogens is 530 g/mol. The number of halogens is 4. The summed E-state index contributed by atoms with van der Waals surface area (Å²) in [5.41, 5.74) is 3.74. The topological polar surface area (TPSA) is 18.5 Å². The van der Waals surface area contributed by atoms with Crippen LogP contribution in [-0.2, 0) is 9.47 Å². The highest BCUT2D eigenvalue weighted by atomic mass is 79.9. The molecule has 1 saturated carbocycles. The molecule has 5 rings (SSSR count). The van der Waals surface area contributed by atoms with E-state index in [0.29, 0.717) is 12.0 Å². The molecule has 3 aliphatic rings. The average molecular weight is 556 g/mol. The van der Waals surface area contributed by atoms with Crippen LogP contribution in [0.1, 0.15) is 61.9 Å². The predicted molar refractivity (Wildman–Crippen MR) is 125 cm³/mol. The summed E-state index contributed by atoms with van der Waals surface area (Å²) in [6, 6.07) is 9.56. The lowest BCUT2D eigenvalue weighted by Gasteiger charge is -2.29. The van der Waals surface area contributed by atoms with Gasteiger partial charge in [-0.05, 0) is 79.3 Å². The fourth-order valence-corrected chi connectivity index (χ4v) is 5.38. The van der Waals surface area contributed by atoms with Crippen molar-refractivity contribution >= 4 is 31.9 Å². The monoisotopic (exact) mass is 554 g/mol. The van der Waals surface area contributed by atoms with Crippen molar-refractivity contribution in [2.45, 2.75) is 50.7 Å².